The summed E-state index contributed by atoms with van der Waals surface area (Å²) in [5.74, 6) is 3.05. The van der Waals surface area contributed by atoms with Gasteiger partial charge in [-0.1, -0.05) is 13.8 Å². The van der Waals surface area contributed by atoms with Crippen molar-refractivity contribution in [3.63, 3.8) is 0 Å². The van der Waals surface area contributed by atoms with Gasteiger partial charge in [0.15, 0.2) is 0 Å². The van der Waals surface area contributed by atoms with Crippen LogP contribution in [-0.2, 0) is 9.47 Å². The zero-order valence-corrected chi connectivity index (χ0v) is 34.1. The standard InChI is InChI=1S/C24H49O.C16H33O.Sn/c1-7-13-17-22(11-5)21-25-24(19-15-9-3,20-16-10-4)23(12-6)18-14-8-2;1-5-9-11-15(7-3)13-17-14-16(8-4)12-10-6-2;/h22-23H,2,7-21H2,1,3-6H3;15-16H,1,5-14H2,2-4H3;. The normalized spacial score (nSPS) is 15.1. The Morgan fingerprint density at radius 2 is 0.907 bits per heavy atom. The molecule has 0 aliphatic carbocycles. The first-order chi connectivity index (χ1) is 21.0. The van der Waals surface area contributed by atoms with Gasteiger partial charge in [-0.15, -0.1) is 0 Å². The molecule has 43 heavy (non-hydrogen) atoms. The van der Waals surface area contributed by atoms with Gasteiger partial charge in [0.25, 0.3) is 0 Å². The second-order valence-corrected chi connectivity index (χ2v) is 18.4. The van der Waals surface area contributed by atoms with Crippen LogP contribution in [-0.4, -0.2) is 46.6 Å². The quantitative estimate of drug-likeness (QED) is 0.0488. The minimum atomic E-state index is -0.177. The van der Waals surface area contributed by atoms with Gasteiger partial charge in [0.1, 0.15) is 0 Å². The third-order valence-corrected chi connectivity index (χ3v) is 14.5. The van der Waals surface area contributed by atoms with Crippen LogP contribution in [0, 0.1) is 23.7 Å². The predicted octanol–water partition coefficient (Wildman–Crippen LogP) is 13.5. The van der Waals surface area contributed by atoms with Crippen LogP contribution in [0.1, 0.15) is 197 Å². The monoisotopic (exact) mass is 715 g/mol. The molecule has 0 aliphatic heterocycles. The first-order valence-electron chi connectivity index (χ1n) is 19.9. The topological polar surface area (TPSA) is 18.5 Å². The maximum absolute atomic E-state index is 7.15. The third-order valence-electron chi connectivity index (χ3n) is 10.5. The summed E-state index contributed by atoms with van der Waals surface area (Å²) >= 11 is -0.177. The van der Waals surface area contributed by atoms with E-state index in [4.69, 9.17) is 9.47 Å². The van der Waals surface area contributed by atoms with Crippen LogP contribution >= 0.6 is 0 Å². The predicted molar refractivity (Wildman–Crippen MR) is 196 cm³/mol. The first kappa shape index (κ1) is 43.7. The Balaban J connectivity index is 4.54. The summed E-state index contributed by atoms with van der Waals surface area (Å²) in [6, 6.07) is 0. The molecule has 0 aliphatic rings. The Morgan fingerprint density at radius 3 is 1.35 bits per heavy atom. The molecule has 0 aromatic rings. The Labute approximate surface area is 284 Å². The number of rotatable bonds is 34. The molecule has 2 nitrogen and oxygen atoms in total. The molecular formula is C40H82O2Sn. The molecule has 0 bridgehead atoms. The fraction of sp³-hybridized carbons (Fsp3) is 1.00. The van der Waals surface area contributed by atoms with Gasteiger partial charge in [-0.05, 0) is 0 Å². The van der Waals surface area contributed by atoms with Gasteiger partial charge in [-0.25, -0.2) is 0 Å². The van der Waals surface area contributed by atoms with Crippen LogP contribution in [0.4, 0.5) is 0 Å². The average Bonchev–Trinajstić information content (AvgIpc) is 3.03. The van der Waals surface area contributed by atoms with Crippen molar-refractivity contribution in [2.45, 2.75) is 211 Å². The molecule has 0 rings (SSSR count). The van der Waals surface area contributed by atoms with E-state index in [0.29, 0.717) is 0 Å². The number of unbranched alkanes of at least 4 members (excludes halogenated alkanes) is 6. The van der Waals surface area contributed by atoms with E-state index in [0.717, 1.165) is 43.5 Å². The van der Waals surface area contributed by atoms with Crippen molar-refractivity contribution in [1.82, 2.24) is 0 Å². The zero-order chi connectivity index (χ0) is 32.0. The van der Waals surface area contributed by atoms with E-state index in [1.165, 1.54) is 141 Å². The van der Waals surface area contributed by atoms with E-state index in [9.17, 15) is 0 Å². The molecule has 0 spiro atoms. The maximum atomic E-state index is 7.15. The van der Waals surface area contributed by atoms with E-state index in [-0.39, 0.29) is 26.7 Å². The SMILES string of the molecule is CCCCC(CC)COCC(CC)CCC[CH2][Sn][CH2]CCCC(CC)C(CCCC)(CCCC)OCC(CC)CCCC. The molecule has 0 amide bonds. The molecule has 0 N–H and O–H groups in total. The van der Waals surface area contributed by atoms with Gasteiger partial charge in [0.05, 0.1) is 0 Å². The number of ether oxygens (including phenoxy) is 2. The third kappa shape index (κ3) is 22.0. The molecule has 258 valence electrons. The molecule has 4 unspecified atom stereocenters. The van der Waals surface area contributed by atoms with Gasteiger partial charge < -0.3 is 0 Å². The summed E-state index contributed by atoms with van der Waals surface area (Å²) in [5.41, 5.74) is 0.132. The Morgan fingerprint density at radius 1 is 0.465 bits per heavy atom. The molecule has 3 heteroatoms. The van der Waals surface area contributed by atoms with Crippen LogP contribution in [0.5, 0.6) is 0 Å². The van der Waals surface area contributed by atoms with Gasteiger partial charge in [-0.3, -0.25) is 0 Å². The van der Waals surface area contributed by atoms with Crippen molar-refractivity contribution in [3.8, 4) is 0 Å². The van der Waals surface area contributed by atoms with E-state index in [2.05, 4.69) is 55.4 Å². The van der Waals surface area contributed by atoms with Gasteiger partial charge in [0.2, 0.25) is 0 Å². The molecule has 0 saturated carbocycles. The molecule has 4 atom stereocenters. The zero-order valence-electron chi connectivity index (χ0n) is 31.2. The number of hydrogen-bond donors (Lipinski definition) is 0. The first-order valence-corrected chi connectivity index (χ1v) is 24.0. The second kappa shape index (κ2) is 31.3. The van der Waals surface area contributed by atoms with Crippen molar-refractivity contribution >= 4 is 21.1 Å². The van der Waals surface area contributed by atoms with E-state index in [1.807, 2.05) is 0 Å². The van der Waals surface area contributed by atoms with E-state index < -0.39 is 0 Å². The van der Waals surface area contributed by atoms with E-state index >= 15 is 0 Å². The minimum absolute atomic E-state index is 0.132. The Hall–Kier alpha value is 0.719. The molecule has 0 aromatic carbocycles. The molecule has 0 fully saturated rings. The number of hydrogen-bond acceptors (Lipinski definition) is 2. The van der Waals surface area contributed by atoms with Gasteiger partial charge >= 0.3 is 271 Å². The van der Waals surface area contributed by atoms with Gasteiger partial charge in [-0.2, -0.15) is 0 Å². The van der Waals surface area contributed by atoms with Crippen LogP contribution in [0.3, 0.4) is 0 Å². The molecule has 0 saturated heterocycles. The molecule has 0 aromatic heterocycles. The van der Waals surface area contributed by atoms with Crippen LogP contribution in [0.2, 0.25) is 8.87 Å². The fourth-order valence-electron chi connectivity index (χ4n) is 6.92. The van der Waals surface area contributed by atoms with Crippen molar-refractivity contribution < 1.29 is 9.47 Å². The van der Waals surface area contributed by atoms with Crippen LogP contribution < -0.4 is 0 Å². The van der Waals surface area contributed by atoms with Crippen LogP contribution in [0.15, 0.2) is 0 Å². The van der Waals surface area contributed by atoms with Crippen molar-refractivity contribution in [2.75, 3.05) is 19.8 Å². The summed E-state index contributed by atoms with van der Waals surface area (Å²) in [7, 11) is 0. The Bertz CT molecular complexity index is 545. The van der Waals surface area contributed by atoms with Gasteiger partial charge in [0, 0.05) is 0 Å². The summed E-state index contributed by atoms with van der Waals surface area (Å²) in [4.78, 5) is 0. The molecule has 0 heterocycles. The van der Waals surface area contributed by atoms with Crippen molar-refractivity contribution in [3.05, 3.63) is 0 Å². The summed E-state index contributed by atoms with van der Waals surface area (Å²) in [5, 5.41) is 0. The van der Waals surface area contributed by atoms with E-state index in [1.54, 1.807) is 8.87 Å². The average molecular weight is 714 g/mol. The van der Waals surface area contributed by atoms with Crippen LogP contribution in [0.25, 0.3) is 0 Å². The minimum Gasteiger partial charge on any atom is -0.0654 e. The summed E-state index contributed by atoms with van der Waals surface area (Å²) in [6.07, 6.45) is 29.5. The summed E-state index contributed by atoms with van der Waals surface area (Å²) < 4.78 is 16.5. The molecular weight excluding hydrogens is 631 g/mol. The second-order valence-electron chi connectivity index (χ2n) is 14.1. The molecule has 2 radical (unpaired) electrons. The fourth-order valence-corrected chi connectivity index (χ4v) is 10.5. The van der Waals surface area contributed by atoms with Crippen molar-refractivity contribution in [2.24, 2.45) is 23.7 Å². The smallest absolute Gasteiger partial charge is 0.0654 e. The summed E-state index contributed by atoms with van der Waals surface area (Å²) in [6.45, 7) is 21.9. The Kier molecular flexibility index (Phi) is 31.8. The van der Waals surface area contributed by atoms with Crippen molar-refractivity contribution in [1.29, 1.82) is 0 Å².